The molecular weight excluding hydrogens is 363 g/mol. The Morgan fingerprint density at radius 3 is 2.41 bits per heavy atom. The normalized spacial score (nSPS) is 13.7. The molecule has 146 valence electrons. The molecule has 0 aliphatic carbocycles. The van der Waals surface area contributed by atoms with Gasteiger partial charge < -0.3 is 15.2 Å². The fraction of sp³-hybridized carbons (Fsp3) is 0.389. The minimum absolute atomic E-state index is 0.0608. The number of halogens is 3. The number of carbonyl (C=O) groups excluding carboxylic acids is 1. The second-order valence-corrected chi connectivity index (χ2v) is 6.47. The number of rotatable bonds is 8. The summed E-state index contributed by atoms with van der Waals surface area (Å²) >= 11 is 0. The highest BCUT2D eigenvalue weighted by molar-refractivity contribution is 5.92. The number of aliphatic hydroxyl groups excluding tert-OH is 1. The standard InChI is InChI=1S/C18H20F3N3O3/c1-17(11-25,9-13-5-3-2-4-6-13)10-22-16(26)14-7-8-15(24-23-14)27-12-18(19,20)21/h2-8,25H,9-12H2,1H3,(H,22,26)/t17-/m0/s1. The molecule has 0 aliphatic rings. The van der Waals surface area contributed by atoms with E-state index in [9.17, 15) is 23.1 Å². The Bertz CT molecular complexity index is 739. The van der Waals surface area contributed by atoms with Crippen molar-refractivity contribution in [2.75, 3.05) is 19.8 Å². The van der Waals surface area contributed by atoms with Crippen LogP contribution in [0.15, 0.2) is 42.5 Å². The average Bonchev–Trinajstić information content (AvgIpc) is 2.65. The molecule has 0 radical (unpaired) electrons. The first kappa shape index (κ1) is 20.6. The molecule has 1 heterocycles. The predicted molar refractivity (Wildman–Crippen MR) is 91.3 cm³/mol. The lowest BCUT2D eigenvalue weighted by Crippen LogP contribution is -2.39. The van der Waals surface area contributed by atoms with Gasteiger partial charge in [0.1, 0.15) is 0 Å². The summed E-state index contributed by atoms with van der Waals surface area (Å²) in [6.07, 6.45) is -3.92. The van der Waals surface area contributed by atoms with Crippen LogP contribution < -0.4 is 10.1 Å². The first-order valence-electron chi connectivity index (χ1n) is 8.17. The minimum atomic E-state index is -4.48. The van der Waals surface area contributed by atoms with E-state index in [0.717, 1.165) is 11.6 Å². The third-order valence-corrected chi connectivity index (χ3v) is 3.79. The Morgan fingerprint density at radius 1 is 1.15 bits per heavy atom. The molecule has 0 saturated carbocycles. The van der Waals surface area contributed by atoms with Gasteiger partial charge in [-0.1, -0.05) is 37.3 Å². The highest BCUT2D eigenvalue weighted by atomic mass is 19.4. The first-order chi connectivity index (χ1) is 12.7. The summed E-state index contributed by atoms with van der Waals surface area (Å²) in [5, 5.41) is 19.4. The zero-order valence-electron chi connectivity index (χ0n) is 14.7. The second-order valence-electron chi connectivity index (χ2n) is 6.47. The quantitative estimate of drug-likeness (QED) is 0.731. The smallest absolute Gasteiger partial charge is 0.422 e. The SMILES string of the molecule is C[C@@](CO)(CNC(=O)c1ccc(OCC(F)(F)F)nn1)Cc1ccccc1. The van der Waals surface area contributed by atoms with Crippen LogP contribution in [0, 0.1) is 5.41 Å². The van der Waals surface area contributed by atoms with Gasteiger partial charge in [-0.2, -0.15) is 13.2 Å². The van der Waals surface area contributed by atoms with Crippen LogP contribution in [0.2, 0.25) is 0 Å². The topological polar surface area (TPSA) is 84.3 Å². The number of aromatic nitrogens is 2. The average molecular weight is 383 g/mol. The Morgan fingerprint density at radius 2 is 1.85 bits per heavy atom. The predicted octanol–water partition coefficient (Wildman–Crippen LogP) is 2.39. The molecule has 0 bridgehead atoms. The van der Waals surface area contributed by atoms with Crippen LogP contribution in [-0.2, 0) is 6.42 Å². The van der Waals surface area contributed by atoms with Crippen molar-refractivity contribution >= 4 is 5.91 Å². The molecule has 1 aromatic heterocycles. The van der Waals surface area contributed by atoms with Crippen molar-refractivity contribution in [3.63, 3.8) is 0 Å². The third-order valence-electron chi connectivity index (χ3n) is 3.79. The lowest BCUT2D eigenvalue weighted by molar-refractivity contribution is -0.154. The fourth-order valence-corrected chi connectivity index (χ4v) is 2.32. The maximum Gasteiger partial charge on any atom is 0.422 e. The number of hydrogen-bond donors (Lipinski definition) is 2. The maximum absolute atomic E-state index is 12.2. The van der Waals surface area contributed by atoms with Gasteiger partial charge >= 0.3 is 6.18 Å². The molecule has 0 fully saturated rings. The van der Waals surface area contributed by atoms with Crippen molar-refractivity contribution in [2.24, 2.45) is 5.41 Å². The Hall–Kier alpha value is -2.68. The minimum Gasteiger partial charge on any atom is -0.467 e. The van der Waals surface area contributed by atoms with Crippen molar-refractivity contribution in [2.45, 2.75) is 19.5 Å². The summed E-state index contributed by atoms with van der Waals surface area (Å²) < 4.78 is 40.7. The molecule has 0 saturated heterocycles. The lowest BCUT2D eigenvalue weighted by atomic mass is 9.84. The van der Waals surface area contributed by atoms with Gasteiger partial charge in [0.25, 0.3) is 5.91 Å². The summed E-state index contributed by atoms with van der Waals surface area (Å²) in [5.74, 6) is -0.870. The van der Waals surface area contributed by atoms with Crippen LogP contribution in [0.1, 0.15) is 23.0 Å². The largest absolute Gasteiger partial charge is 0.467 e. The number of nitrogens with zero attached hydrogens (tertiary/aromatic N) is 2. The van der Waals surface area contributed by atoms with E-state index in [-0.39, 0.29) is 24.7 Å². The zero-order valence-corrected chi connectivity index (χ0v) is 14.7. The molecule has 0 spiro atoms. The van der Waals surface area contributed by atoms with Crippen LogP contribution in [0.3, 0.4) is 0 Å². The van der Waals surface area contributed by atoms with Crippen molar-refractivity contribution in [1.29, 1.82) is 0 Å². The van der Waals surface area contributed by atoms with Crippen molar-refractivity contribution in [3.8, 4) is 5.88 Å². The molecule has 1 aromatic carbocycles. The van der Waals surface area contributed by atoms with E-state index in [4.69, 9.17) is 0 Å². The van der Waals surface area contributed by atoms with Gasteiger partial charge in [0.2, 0.25) is 5.88 Å². The molecule has 2 aromatic rings. The summed E-state index contributed by atoms with van der Waals surface area (Å²) in [6.45, 7) is 0.394. The number of ether oxygens (including phenoxy) is 1. The Balaban J connectivity index is 1.91. The van der Waals surface area contributed by atoms with Crippen molar-refractivity contribution < 1.29 is 27.8 Å². The van der Waals surface area contributed by atoms with Crippen LogP contribution in [0.5, 0.6) is 5.88 Å². The van der Waals surface area contributed by atoms with Crippen LogP contribution in [0.4, 0.5) is 13.2 Å². The lowest BCUT2D eigenvalue weighted by Gasteiger charge is -2.27. The summed E-state index contributed by atoms with van der Waals surface area (Å²) in [6, 6.07) is 11.9. The molecular formula is C18H20F3N3O3. The molecule has 1 amide bonds. The molecule has 0 unspecified atom stereocenters. The molecule has 2 rings (SSSR count). The van der Waals surface area contributed by atoms with E-state index in [1.165, 1.54) is 6.07 Å². The Kier molecular flexibility index (Phi) is 6.73. The van der Waals surface area contributed by atoms with E-state index < -0.39 is 24.1 Å². The molecule has 27 heavy (non-hydrogen) atoms. The number of nitrogens with one attached hydrogen (secondary N) is 1. The summed E-state index contributed by atoms with van der Waals surface area (Å²) in [5.41, 5.74) is 0.379. The zero-order chi connectivity index (χ0) is 19.9. The van der Waals surface area contributed by atoms with Gasteiger partial charge in [-0.15, -0.1) is 10.2 Å². The number of alkyl halides is 3. The summed E-state index contributed by atoms with van der Waals surface area (Å²) in [4.78, 5) is 12.2. The monoisotopic (exact) mass is 383 g/mol. The van der Waals surface area contributed by atoms with Gasteiger partial charge in [0.15, 0.2) is 12.3 Å². The van der Waals surface area contributed by atoms with Crippen LogP contribution in [0.25, 0.3) is 0 Å². The molecule has 0 aliphatic heterocycles. The molecule has 1 atom stereocenters. The third kappa shape index (κ3) is 6.86. The van der Waals surface area contributed by atoms with Gasteiger partial charge in [-0.05, 0) is 18.1 Å². The van der Waals surface area contributed by atoms with Gasteiger partial charge in [-0.25, -0.2) is 0 Å². The molecule has 9 heteroatoms. The maximum atomic E-state index is 12.2. The number of carbonyl (C=O) groups is 1. The van der Waals surface area contributed by atoms with Crippen LogP contribution in [-0.4, -0.2) is 47.1 Å². The van der Waals surface area contributed by atoms with E-state index >= 15 is 0 Å². The van der Waals surface area contributed by atoms with Crippen LogP contribution >= 0.6 is 0 Å². The summed E-state index contributed by atoms with van der Waals surface area (Å²) in [7, 11) is 0. The Labute approximate surface area is 154 Å². The highest BCUT2D eigenvalue weighted by Crippen LogP contribution is 2.21. The number of amides is 1. The fourth-order valence-electron chi connectivity index (χ4n) is 2.32. The molecule has 2 N–H and O–H groups in total. The van der Waals surface area contributed by atoms with Crippen molar-refractivity contribution in [1.82, 2.24) is 15.5 Å². The van der Waals surface area contributed by atoms with Crippen molar-refractivity contribution in [3.05, 3.63) is 53.7 Å². The second kappa shape index (κ2) is 8.81. The van der Waals surface area contributed by atoms with E-state index in [0.29, 0.717) is 6.42 Å². The van der Waals surface area contributed by atoms with Gasteiger partial charge in [-0.3, -0.25) is 4.79 Å². The van der Waals surface area contributed by atoms with E-state index in [2.05, 4.69) is 20.3 Å². The van der Waals surface area contributed by atoms with Gasteiger partial charge in [0.05, 0.1) is 6.61 Å². The number of hydrogen-bond acceptors (Lipinski definition) is 5. The highest BCUT2D eigenvalue weighted by Gasteiger charge is 2.29. The number of aliphatic hydroxyl groups is 1. The first-order valence-corrected chi connectivity index (χ1v) is 8.17. The van der Waals surface area contributed by atoms with E-state index in [1.807, 2.05) is 37.3 Å². The number of benzene rings is 1. The molecule has 6 nitrogen and oxygen atoms in total. The van der Waals surface area contributed by atoms with Gasteiger partial charge in [0, 0.05) is 18.0 Å². The van der Waals surface area contributed by atoms with E-state index in [1.54, 1.807) is 0 Å².